The zero-order valence-electron chi connectivity index (χ0n) is 9.67. The van der Waals surface area contributed by atoms with Gasteiger partial charge in [-0.2, -0.15) is 0 Å². The van der Waals surface area contributed by atoms with Gasteiger partial charge >= 0.3 is 17.6 Å². The highest BCUT2D eigenvalue weighted by molar-refractivity contribution is 6.04. The van der Waals surface area contributed by atoms with Gasteiger partial charge in [-0.3, -0.25) is 0 Å². The van der Waals surface area contributed by atoms with Crippen LogP contribution < -0.4 is 10.4 Å². The lowest BCUT2D eigenvalue weighted by atomic mass is 10.1. The van der Waals surface area contributed by atoms with Gasteiger partial charge in [0.1, 0.15) is 16.9 Å². The molecule has 0 saturated heterocycles. The Kier molecular flexibility index (Phi) is 2.95. The topological polar surface area (TPSA) is 114 Å². The van der Waals surface area contributed by atoms with Crippen LogP contribution in [0.3, 0.4) is 0 Å². The highest BCUT2D eigenvalue weighted by atomic mass is 16.5. The number of hydrogen-bond acceptors (Lipinski definition) is 5. The number of methoxy groups -OCH3 is 1. The Hall–Kier alpha value is -2.83. The number of carboxylic acids is 2. The van der Waals surface area contributed by atoms with Crippen LogP contribution in [0.1, 0.15) is 20.7 Å². The fourth-order valence-corrected chi connectivity index (χ4v) is 1.67. The van der Waals surface area contributed by atoms with Gasteiger partial charge in [0, 0.05) is 0 Å². The minimum atomic E-state index is -1.46. The second-order valence-corrected chi connectivity index (χ2v) is 3.62. The van der Waals surface area contributed by atoms with E-state index in [0.29, 0.717) is 0 Å². The number of ether oxygens (including phenoxy) is 1. The third kappa shape index (κ3) is 2.01. The number of carboxylic acid groups (broad SMARTS) is 2. The molecule has 2 aromatic rings. The summed E-state index contributed by atoms with van der Waals surface area (Å²) in [6.45, 7) is 0. The number of hydrogen-bond donors (Lipinski definition) is 2. The number of fused-ring (bicyclic) bond motifs is 1. The van der Waals surface area contributed by atoms with Crippen molar-refractivity contribution in [2.45, 2.75) is 0 Å². The largest absolute Gasteiger partial charge is 0.496 e. The smallest absolute Gasteiger partial charge is 0.351 e. The molecule has 1 aromatic carbocycles. The summed E-state index contributed by atoms with van der Waals surface area (Å²) < 4.78 is 9.78. The molecule has 0 atom stereocenters. The Bertz CT molecular complexity index is 742. The van der Waals surface area contributed by atoms with E-state index in [1.54, 1.807) is 0 Å². The van der Waals surface area contributed by atoms with Crippen LogP contribution in [0.4, 0.5) is 0 Å². The lowest BCUT2D eigenvalue weighted by molar-refractivity contribution is 0.0687. The first-order chi connectivity index (χ1) is 8.95. The van der Waals surface area contributed by atoms with E-state index in [9.17, 15) is 14.4 Å². The van der Waals surface area contributed by atoms with Crippen LogP contribution in [0.2, 0.25) is 0 Å². The highest BCUT2D eigenvalue weighted by Crippen LogP contribution is 2.28. The fourth-order valence-electron chi connectivity index (χ4n) is 1.67. The lowest BCUT2D eigenvalue weighted by Gasteiger charge is -2.07. The van der Waals surface area contributed by atoms with E-state index in [2.05, 4.69) is 0 Å². The molecule has 0 aliphatic rings. The van der Waals surface area contributed by atoms with Gasteiger partial charge in [0.25, 0.3) is 0 Å². The summed E-state index contributed by atoms with van der Waals surface area (Å²) >= 11 is 0. The Morgan fingerprint density at radius 3 is 2.32 bits per heavy atom. The van der Waals surface area contributed by atoms with Crippen molar-refractivity contribution < 1.29 is 29.0 Å². The number of benzene rings is 1. The molecule has 0 saturated carbocycles. The molecule has 0 spiro atoms. The van der Waals surface area contributed by atoms with Crippen molar-refractivity contribution in [3.8, 4) is 5.75 Å². The molecule has 0 radical (unpaired) electrons. The van der Waals surface area contributed by atoms with Gasteiger partial charge < -0.3 is 19.4 Å². The van der Waals surface area contributed by atoms with E-state index in [1.165, 1.54) is 19.2 Å². The SMILES string of the molecule is COc1ccc(C(=O)O)c2oc(=O)c(C(=O)O)cc12. The van der Waals surface area contributed by atoms with Gasteiger partial charge in [0.05, 0.1) is 12.5 Å². The second kappa shape index (κ2) is 4.45. The van der Waals surface area contributed by atoms with E-state index >= 15 is 0 Å². The van der Waals surface area contributed by atoms with Crippen LogP contribution >= 0.6 is 0 Å². The standard InChI is InChI=1S/C12H8O7/c1-18-8-3-2-5(10(13)14)9-6(8)4-7(11(15)16)12(17)19-9/h2-4H,1H3,(H,13,14)(H,15,16). The molecule has 0 amide bonds. The summed E-state index contributed by atoms with van der Waals surface area (Å²) in [5.74, 6) is -2.54. The molecule has 1 aromatic heterocycles. The maximum atomic E-state index is 11.5. The maximum Gasteiger partial charge on any atom is 0.351 e. The molecule has 0 aliphatic heterocycles. The van der Waals surface area contributed by atoms with Crippen LogP contribution in [0, 0.1) is 0 Å². The average molecular weight is 264 g/mol. The molecule has 1 heterocycles. The summed E-state index contributed by atoms with van der Waals surface area (Å²) in [4.78, 5) is 33.4. The number of carbonyl (C=O) groups is 2. The first-order valence-electron chi connectivity index (χ1n) is 5.07. The second-order valence-electron chi connectivity index (χ2n) is 3.62. The lowest BCUT2D eigenvalue weighted by Crippen LogP contribution is -2.14. The quantitative estimate of drug-likeness (QED) is 0.800. The van der Waals surface area contributed by atoms with E-state index < -0.39 is 23.1 Å². The molecule has 2 N–H and O–H groups in total. The van der Waals surface area contributed by atoms with E-state index in [1.807, 2.05) is 0 Å². The Morgan fingerprint density at radius 2 is 1.79 bits per heavy atom. The maximum absolute atomic E-state index is 11.5. The first kappa shape index (κ1) is 12.6. The molecule has 0 unspecified atom stereocenters. The third-order valence-electron chi connectivity index (χ3n) is 2.54. The van der Waals surface area contributed by atoms with Crippen molar-refractivity contribution in [2.75, 3.05) is 7.11 Å². The van der Waals surface area contributed by atoms with Crippen molar-refractivity contribution in [2.24, 2.45) is 0 Å². The van der Waals surface area contributed by atoms with Gasteiger partial charge in [0.2, 0.25) is 0 Å². The summed E-state index contributed by atoms with van der Waals surface area (Å²) in [5, 5.41) is 18.0. The van der Waals surface area contributed by atoms with Gasteiger partial charge in [-0.25, -0.2) is 14.4 Å². The first-order valence-corrected chi connectivity index (χ1v) is 5.07. The van der Waals surface area contributed by atoms with Crippen LogP contribution in [0.5, 0.6) is 5.75 Å². The van der Waals surface area contributed by atoms with Crippen molar-refractivity contribution in [1.29, 1.82) is 0 Å². The van der Waals surface area contributed by atoms with Gasteiger partial charge in [-0.15, -0.1) is 0 Å². The van der Waals surface area contributed by atoms with Gasteiger partial charge in [0.15, 0.2) is 5.58 Å². The molecule has 7 heteroatoms. The van der Waals surface area contributed by atoms with Crippen molar-refractivity contribution in [3.63, 3.8) is 0 Å². The fraction of sp³-hybridized carbons (Fsp3) is 0.0833. The third-order valence-corrected chi connectivity index (χ3v) is 2.54. The molecule has 98 valence electrons. The van der Waals surface area contributed by atoms with Crippen LogP contribution in [0.25, 0.3) is 11.0 Å². The zero-order chi connectivity index (χ0) is 14.2. The minimum absolute atomic E-state index is 0.111. The summed E-state index contributed by atoms with van der Waals surface area (Å²) in [6, 6.07) is 3.61. The zero-order valence-corrected chi connectivity index (χ0v) is 9.67. The van der Waals surface area contributed by atoms with Crippen LogP contribution in [-0.4, -0.2) is 29.3 Å². The summed E-state index contributed by atoms with van der Waals surface area (Å²) in [6.07, 6.45) is 0. The molecule has 0 aliphatic carbocycles. The number of rotatable bonds is 3. The normalized spacial score (nSPS) is 10.4. The van der Waals surface area contributed by atoms with Crippen molar-refractivity contribution in [1.82, 2.24) is 0 Å². The van der Waals surface area contributed by atoms with Gasteiger partial charge in [-0.1, -0.05) is 0 Å². The molecular weight excluding hydrogens is 256 g/mol. The van der Waals surface area contributed by atoms with Crippen LogP contribution in [0.15, 0.2) is 27.4 Å². The summed E-state index contributed by atoms with van der Waals surface area (Å²) in [5.41, 5.74) is -2.17. The van der Waals surface area contributed by atoms with Crippen molar-refractivity contribution in [3.05, 3.63) is 39.7 Å². The highest BCUT2D eigenvalue weighted by Gasteiger charge is 2.19. The molecule has 19 heavy (non-hydrogen) atoms. The average Bonchev–Trinajstić information content (AvgIpc) is 2.35. The monoisotopic (exact) mass is 264 g/mol. The van der Waals surface area contributed by atoms with Gasteiger partial charge in [-0.05, 0) is 18.2 Å². The Balaban J connectivity index is 2.95. The Labute approximate surface area is 105 Å². The molecule has 7 nitrogen and oxygen atoms in total. The Morgan fingerprint density at radius 1 is 1.16 bits per heavy atom. The summed E-state index contributed by atoms with van der Waals surface area (Å²) in [7, 11) is 1.33. The number of aromatic carboxylic acids is 2. The van der Waals surface area contributed by atoms with E-state index in [-0.39, 0.29) is 22.3 Å². The molecule has 0 bridgehead atoms. The predicted molar refractivity (Wildman–Crippen MR) is 63.0 cm³/mol. The minimum Gasteiger partial charge on any atom is -0.496 e. The molecular formula is C12H8O7. The molecule has 0 fully saturated rings. The van der Waals surface area contributed by atoms with E-state index in [0.717, 1.165) is 6.07 Å². The van der Waals surface area contributed by atoms with Crippen molar-refractivity contribution >= 4 is 22.9 Å². The molecule has 2 rings (SSSR count). The predicted octanol–water partition coefficient (Wildman–Crippen LogP) is 1.20. The van der Waals surface area contributed by atoms with E-state index in [4.69, 9.17) is 19.4 Å². The van der Waals surface area contributed by atoms with Crippen LogP contribution in [-0.2, 0) is 0 Å².